The second kappa shape index (κ2) is 10.7. The standard InChI is InChI=1S/C27H32N2O5/c1-2-23(26(31)32)28-25(30)21-14-4-3-5-15-24(21)29-27(33)34-16-22-19-12-8-6-10-17(19)18-11-7-9-13-20(18)22/h6-13,21-24H,2-5,14-16H2,1H3,(H,28,30)(H,29,33)(H,31,32). The lowest BCUT2D eigenvalue weighted by atomic mass is 9.93. The van der Waals surface area contributed by atoms with E-state index < -0.39 is 24.0 Å². The number of alkyl carbamates (subject to hydrolysis) is 1. The summed E-state index contributed by atoms with van der Waals surface area (Å²) in [4.78, 5) is 37.0. The molecular formula is C27H32N2O5. The number of carboxylic acid groups (broad SMARTS) is 1. The summed E-state index contributed by atoms with van der Waals surface area (Å²) >= 11 is 0. The first-order valence-corrected chi connectivity index (χ1v) is 12.1. The van der Waals surface area contributed by atoms with E-state index in [0.29, 0.717) is 19.3 Å². The Morgan fingerprint density at radius 3 is 2.21 bits per heavy atom. The van der Waals surface area contributed by atoms with Crippen molar-refractivity contribution in [2.24, 2.45) is 5.92 Å². The third-order valence-corrected chi connectivity index (χ3v) is 7.02. The van der Waals surface area contributed by atoms with Crippen LogP contribution in [0.25, 0.3) is 11.1 Å². The molecule has 0 saturated heterocycles. The van der Waals surface area contributed by atoms with Crippen LogP contribution >= 0.6 is 0 Å². The van der Waals surface area contributed by atoms with Crippen LogP contribution in [0, 0.1) is 5.92 Å². The average molecular weight is 465 g/mol. The molecule has 2 aliphatic rings. The molecule has 2 aromatic rings. The van der Waals surface area contributed by atoms with Crippen molar-refractivity contribution >= 4 is 18.0 Å². The number of fused-ring (bicyclic) bond motifs is 3. The van der Waals surface area contributed by atoms with Crippen LogP contribution in [0.15, 0.2) is 48.5 Å². The van der Waals surface area contributed by atoms with Crippen LogP contribution in [0.5, 0.6) is 0 Å². The fraction of sp³-hybridized carbons (Fsp3) is 0.444. The highest BCUT2D eigenvalue weighted by atomic mass is 16.5. The highest BCUT2D eigenvalue weighted by molar-refractivity contribution is 5.86. The maximum Gasteiger partial charge on any atom is 0.407 e. The molecule has 3 N–H and O–H groups in total. The van der Waals surface area contributed by atoms with E-state index in [1.54, 1.807) is 6.92 Å². The van der Waals surface area contributed by atoms with E-state index in [9.17, 15) is 19.5 Å². The van der Waals surface area contributed by atoms with Crippen LogP contribution in [0.2, 0.25) is 0 Å². The van der Waals surface area contributed by atoms with E-state index in [0.717, 1.165) is 41.5 Å². The smallest absolute Gasteiger partial charge is 0.407 e. The second-order valence-electron chi connectivity index (χ2n) is 9.13. The summed E-state index contributed by atoms with van der Waals surface area (Å²) in [5.41, 5.74) is 4.61. The van der Waals surface area contributed by atoms with Crippen molar-refractivity contribution in [3.8, 4) is 11.1 Å². The lowest BCUT2D eigenvalue weighted by Crippen LogP contribution is -2.50. The van der Waals surface area contributed by atoms with Gasteiger partial charge in [0.1, 0.15) is 12.6 Å². The zero-order valence-electron chi connectivity index (χ0n) is 19.5. The van der Waals surface area contributed by atoms with Crippen molar-refractivity contribution in [3.63, 3.8) is 0 Å². The van der Waals surface area contributed by atoms with Gasteiger partial charge in [0.2, 0.25) is 5.91 Å². The number of carbonyl (C=O) groups is 3. The summed E-state index contributed by atoms with van der Waals surface area (Å²) in [6.07, 6.45) is 3.76. The fourth-order valence-electron chi connectivity index (χ4n) is 5.20. The Bertz CT molecular complexity index is 1010. The molecule has 7 nitrogen and oxygen atoms in total. The van der Waals surface area contributed by atoms with Gasteiger partial charge in [0.25, 0.3) is 0 Å². The van der Waals surface area contributed by atoms with Crippen molar-refractivity contribution < 1.29 is 24.2 Å². The molecule has 2 aliphatic carbocycles. The first-order valence-electron chi connectivity index (χ1n) is 12.1. The molecule has 0 heterocycles. The Hall–Kier alpha value is -3.35. The van der Waals surface area contributed by atoms with Gasteiger partial charge in [-0.1, -0.05) is 74.7 Å². The van der Waals surface area contributed by atoms with Crippen molar-refractivity contribution in [3.05, 3.63) is 59.7 Å². The average Bonchev–Trinajstić information content (AvgIpc) is 2.97. The van der Waals surface area contributed by atoms with E-state index in [2.05, 4.69) is 34.9 Å². The number of carbonyl (C=O) groups excluding carboxylic acids is 2. The van der Waals surface area contributed by atoms with E-state index in [1.165, 1.54) is 0 Å². The van der Waals surface area contributed by atoms with Crippen LogP contribution < -0.4 is 10.6 Å². The lowest BCUT2D eigenvalue weighted by Gasteiger charge is -2.26. The summed E-state index contributed by atoms with van der Waals surface area (Å²) < 4.78 is 5.68. The molecule has 4 rings (SSSR count). The molecule has 0 aromatic heterocycles. The number of hydrogen-bond acceptors (Lipinski definition) is 4. The molecule has 3 atom stereocenters. The Morgan fingerprint density at radius 2 is 1.59 bits per heavy atom. The first kappa shape index (κ1) is 23.8. The third kappa shape index (κ3) is 5.08. The summed E-state index contributed by atoms with van der Waals surface area (Å²) in [6.45, 7) is 1.93. The summed E-state index contributed by atoms with van der Waals surface area (Å²) in [7, 11) is 0. The molecule has 2 aromatic carbocycles. The van der Waals surface area contributed by atoms with Crippen molar-refractivity contribution in [1.82, 2.24) is 10.6 Å². The minimum atomic E-state index is -1.05. The van der Waals surface area contributed by atoms with Gasteiger partial charge in [-0.05, 0) is 41.5 Å². The van der Waals surface area contributed by atoms with Crippen molar-refractivity contribution in [2.45, 2.75) is 63.5 Å². The van der Waals surface area contributed by atoms with Gasteiger partial charge in [-0.25, -0.2) is 9.59 Å². The predicted octanol–water partition coefficient (Wildman–Crippen LogP) is 4.45. The SMILES string of the molecule is CCC(NC(=O)C1CCCCCC1NC(=O)OCC1c2ccccc2-c2ccccc21)C(=O)O. The predicted molar refractivity (Wildman–Crippen MR) is 128 cm³/mol. The van der Waals surface area contributed by atoms with Gasteiger partial charge in [-0.3, -0.25) is 4.79 Å². The van der Waals surface area contributed by atoms with Gasteiger partial charge in [0, 0.05) is 12.0 Å². The molecule has 1 saturated carbocycles. The number of rotatable bonds is 7. The number of aliphatic carboxylic acids is 1. The Balaban J connectivity index is 1.41. The largest absolute Gasteiger partial charge is 0.480 e. The Kier molecular flexibility index (Phi) is 7.50. The molecule has 2 amide bonds. The molecule has 7 heteroatoms. The van der Waals surface area contributed by atoms with Gasteiger partial charge in [-0.15, -0.1) is 0 Å². The van der Waals surface area contributed by atoms with E-state index >= 15 is 0 Å². The van der Waals surface area contributed by atoms with Crippen molar-refractivity contribution in [1.29, 1.82) is 0 Å². The number of hydrogen-bond donors (Lipinski definition) is 3. The summed E-state index contributed by atoms with van der Waals surface area (Å²) in [5.74, 6) is -1.88. The molecule has 0 bridgehead atoms. The molecule has 34 heavy (non-hydrogen) atoms. The number of ether oxygens (including phenoxy) is 1. The quantitative estimate of drug-likeness (QED) is 0.525. The maximum absolute atomic E-state index is 12.9. The molecular weight excluding hydrogens is 432 g/mol. The molecule has 0 spiro atoms. The normalized spacial score (nSPS) is 20.4. The Labute approximate surface area is 199 Å². The number of benzene rings is 2. The van der Waals surface area contributed by atoms with Gasteiger partial charge in [-0.2, -0.15) is 0 Å². The number of carboxylic acids is 1. The van der Waals surface area contributed by atoms with E-state index in [4.69, 9.17) is 4.74 Å². The van der Waals surface area contributed by atoms with Gasteiger partial charge >= 0.3 is 12.1 Å². The van der Waals surface area contributed by atoms with Gasteiger partial charge in [0.15, 0.2) is 0 Å². The number of amides is 2. The zero-order chi connectivity index (χ0) is 24.1. The first-order chi connectivity index (χ1) is 16.5. The van der Waals surface area contributed by atoms with Crippen LogP contribution in [0.1, 0.15) is 62.5 Å². The minimum absolute atomic E-state index is 0.0349. The molecule has 3 unspecified atom stereocenters. The monoisotopic (exact) mass is 464 g/mol. The highest BCUT2D eigenvalue weighted by Gasteiger charge is 2.34. The highest BCUT2D eigenvalue weighted by Crippen LogP contribution is 2.44. The lowest BCUT2D eigenvalue weighted by molar-refractivity contribution is -0.142. The molecule has 0 radical (unpaired) electrons. The van der Waals surface area contributed by atoms with Crippen molar-refractivity contribution in [2.75, 3.05) is 6.61 Å². The van der Waals surface area contributed by atoms with E-state index in [-0.39, 0.29) is 24.5 Å². The summed E-state index contributed by atoms with van der Waals surface area (Å²) in [5, 5.41) is 14.8. The third-order valence-electron chi connectivity index (χ3n) is 7.02. The fourth-order valence-corrected chi connectivity index (χ4v) is 5.20. The van der Waals surface area contributed by atoms with Crippen LogP contribution in [-0.4, -0.2) is 41.8 Å². The maximum atomic E-state index is 12.9. The number of nitrogens with one attached hydrogen (secondary N) is 2. The molecule has 180 valence electrons. The Morgan fingerprint density at radius 1 is 0.971 bits per heavy atom. The van der Waals surface area contributed by atoms with Crippen LogP contribution in [0.4, 0.5) is 4.79 Å². The molecule has 0 aliphatic heterocycles. The van der Waals surface area contributed by atoms with Crippen LogP contribution in [-0.2, 0) is 14.3 Å². The van der Waals surface area contributed by atoms with Gasteiger partial charge < -0.3 is 20.5 Å². The van der Waals surface area contributed by atoms with Crippen LogP contribution in [0.3, 0.4) is 0 Å². The zero-order valence-corrected chi connectivity index (χ0v) is 19.5. The second-order valence-corrected chi connectivity index (χ2v) is 9.13. The topological polar surface area (TPSA) is 105 Å². The summed E-state index contributed by atoms with van der Waals surface area (Å²) in [6, 6.07) is 15.0. The van der Waals surface area contributed by atoms with Gasteiger partial charge in [0.05, 0.1) is 5.92 Å². The minimum Gasteiger partial charge on any atom is -0.480 e. The van der Waals surface area contributed by atoms with E-state index in [1.807, 2.05) is 24.3 Å². The molecule has 1 fully saturated rings.